The number of carbonyl (C=O) groups excluding carboxylic acids is 2. The van der Waals surface area contributed by atoms with Crippen LogP contribution in [0.15, 0.2) is 24.3 Å². The molecule has 0 spiro atoms. The van der Waals surface area contributed by atoms with Crippen LogP contribution in [0.3, 0.4) is 0 Å². The Morgan fingerprint density at radius 1 is 0.958 bits per heavy atom. The smallest absolute Gasteiger partial charge is 0.251 e. The molecule has 1 aromatic rings. The van der Waals surface area contributed by atoms with Gasteiger partial charge in [0.25, 0.3) is 5.91 Å². The third-order valence-electron chi connectivity index (χ3n) is 4.70. The van der Waals surface area contributed by atoms with Crippen molar-refractivity contribution in [3.8, 4) is 0 Å². The Labute approximate surface area is 145 Å². The predicted molar refractivity (Wildman–Crippen MR) is 97.1 cm³/mol. The Balaban J connectivity index is 1.72. The van der Waals surface area contributed by atoms with Gasteiger partial charge in [-0.2, -0.15) is 0 Å². The van der Waals surface area contributed by atoms with Gasteiger partial charge in [0, 0.05) is 24.6 Å². The van der Waals surface area contributed by atoms with Crippen LogP contribution in [0.25, 0.3) is 0 Å². The van der Waals surface area contributed by atoms with Gasteiger partial charge in [0.05, 0.1) is 0 Å². The standard InChI is InChI=1S/C20H30N2O2/c1-20(2,3)17-11-9-16(10-12-17)19(24)22-14-13-21-18(23)15-7-5-4-6-8-15/h9-12,15H,4-8,13-14H2,1-3H3,(H,21,23)(H,22,24). The average molecular weight is 330 g/mol. The summed E-state index contributed by atoms with van der Waals surface area (Å²) < 4.78 is 0. The zero-order chi connectivity index (χ0) is 17.6. The summed E-state index contributed by atoms with van der Waals surface area (Å²) in [6.45, 7) is 7.39. The van der Waals surface area contributed by atoms with Gasteiger partial charge in [-0.1, -0.05) is 52.2 Å². The van der Waals surface area contributed by atoms with Crippen LogP contribution >= 0.6 is 0 Å². The van der Waals surface area contributed by atoms with Crippen molar-refractivity contribution >= 4 is 11.8 Å². The quantitative estimate of drug-likeness (QED) is 0.813. The van der Waals surface area contributed by atoms with Gasteiger partial charge in [-0.05, 0) is 36.0 Å². The van der Waals surface area contributed by atoms with Gasteiger partial charge >= 0.3 is 0 Å². The van der Waals surface area contributed by atoms with E-state index < -0.39 is 0 Å². The summed E-state index contributed by atoms with van der Waals surface area (Å²) in [5.41, 5.74) is 1.94. The van der Waals surface area contributed by atoms with Crippen LogP contribution in [-0.2, 0) is 10.2 Å². The van der Waals surface area contributed by atoms with Crippen molar-refractivity contribution in [2.75, 3.05) is 13.1 Å². The minimum atomic E-state index is -0.0950. The molecule has 132 valence electrons. The van der Waals surface area contributed by atoms with Gasteiger partial charge in [0.2, 0.25) is 5.91 Å². The monoisotopic (exact) mass is 330 g/mol. The molecule has 24 heavy (non-hydrogen) atoms. The molecule has 1 aromatic carbocycles. The number of amides is 2. The largest absolute Gasteiger partial charge is 0.354 e. The van der Waals surface area contributed by atoms with Crippen LogP contribution in [0, 0.1) is 5.92 Å². The maximum atomic E-state index is 12.1. The molecule has 1 saturated carbocycles. The summed E-state index contributed by atoms with van der Waals surface area (Å²) in [6.07, 6.45) is 5.54. The van der Waals surface area contributed by atoms with E-state index >= 15 is 0 Å². The maximum absolute atomic E-state index is 12.1. The average Bonchev–Trinajstić information content (AvgIpc) is 2.58. The third kappa shape index (κ3) is 5.36. The first kappa shape index (κ1) is 18.5. The molecule has 2 N–H and O–H groups in total. The fourth-order valence-electron chi connectivity index (χ4n) is 3.09. The SMILES string of the molecule is CC(C)(C)c1ccc(C(=O)NCCNC(=O)C2CCCCC2)cc1. The lowest BCUT2D eigenvalue weighted by Gasteiger charge is -2.20. The van der Waals surface area contributed by atoms with Crippen molar-refractivity contribution < 1.29 is 9.59 Å². The van der Waals surface area contributed by atoms with Gasteiger partial charge in [-0.15, -0.1) is 0 Å². The van der Waals surface area contributed by atoms with E-state index in [1.165, 1.54) is 12.0 Å². The molecule has 0 saturated heterocycles. The molecular formula is C20H30N2O2. The molecule has 0 bridgehead atoms. The van der Waals surface area contributed by atoms with Crippen LogP contribution in [0.5, 0.6) is 0 Å². The first-order chi connectivity index (χ1) is 11.4. The highest BCUT2D eigenvalue weighted by Gasteiger charge is 2.20. The van der Waals surface area contributed by atoms with E-state index in [-0.39, 0.29) is 23.1 Å². The van der Waals surface area contributed by atoms with Crippen LogP contribution in [-0.4, -0.2) is 24.9 Å². The Morgan fingerprint density at radius 2 is 1.54 bits per heavy atom. The van der Waals surface area contributed by atoms with Crippen LogP contribution in [0.2, 0.25) is 0 Å². The van der Waals surface area contributed by atoms with Crippen molar-refractivity contribution in [2.24, 2.45) is 5.92 Å². The molecular weight excluding hydrogens is 300 g/mol. The molecule has 2 amide bonds. The van der Waals surface area contributed by atoms with E-state index in [0.29, 0.717) is 18.7 Å². The minimum absolute atomic E-state index is 0.0818. The Hall–Kier alpha value is -1.84. The number of hydrogen-bond donors (Lipinski definition) is 2. The number of nitrogens with one attached hydrogen (secondary N) is 2. The molecule has 0 atom stereocenters. The van der Waals surface area contributed by atoms with Crippen molar-refractivity contribution in [3.05, 3.63) is 35.4 Å². The molecule has 0 aliphatic heterocycles. The Kier molecular flexibility index (Phi) is 6.41. The highest BCUT2D eigenvalue weighted by Crippen LogP contribution is 2.23. The van der Waals surface area contributed by atoms with Crippen molar-refractivity contribution in [1.29, 1.82) is 0 Å². The molecule has 1 aliphatic rings. The number of rotatable bonds is 5. The van der Waals surface area contributed by atoms with E-state index in [9.17, 15) is 9.59 Å². The van der Waals surface area contributed by atoms with Crippen LogP contribution in [0.1, 0.15) is 68.8 Å². The molecule has 1 fully saturated rings. The normalized spacial score (nSPS) is 15.8. The molecule has 4 nitrogen and oxygen atoms in total. The van der Waals surface area contributed by atoms with E-state index in [4.69, 9.17) is 0 Å². The number of benzene rings is 1. The van der Waals surface area contributed by atoms with E-state index in [2.05, 4.69) is 31.4 Å². The molecule has 0 heterocycles. The lowest BCUT2D eigenvalue weighted by Crippen LogP contribution is -2.38. The van der Waals surface area contributed by atoms with Gasteiger partial charge < -0.3 is 10.6 Å². The van der Waals surface area contributed by atoms with E-state index in [1.54, 1.807) is 0 Å². The van der Waals surface area contributed by atoms with Crippen LogP contribution < -0.4 is 10.6 Å². The topological polar surface area (TPSA) is 58.2 Å². The van der Waals surface area contributed by atoms with Gasteiger partial charge in [0.1, 0.15) is 0 Å². The van der Waals surface area contributed by atoms with Crippen molar-refractivity contribution in [3.63, 3.8) is 0 Å². The second-order valence-corrected chi connectivity index (χ2v) is 7.71. The van der Waals surface area contributed by atoms with Crippen molar-refractivity contribution in [2.45, 2.75) is 58.3 Å². The fraction of sp³-hybridized carbons (Fsp3) is 0.600. The highest BCUT2D eigenvalue weighted by molar-refractivity contribution is 5.94. The summed E-state index contributed by atoms with van der Waals surface area (Å²) in [5.74, 6) is 0.209. The Bertz CT molecular complexity index is 552. The number of hydrogen-bond acceptors (Lipinski definition) is 2. The van der Waals surface area contributed by atoms with Gasteiger partial charge in [-0.3, -0.25) is 9.59 Å². The highest BCUT2D eigenvalue weighted by atomic mass is 16.2. The second-order valence-electron chi connectivity index (χ2n) is 7.71. The summed E-state index contributed by atoms with van der Waals surface area (Å²) >= 11 is 0. The first-order valence-electron chi connectivity index (χ1n) is 9.04. The molecule has 0 aromatic heterocycles. The summed E-state index contributed by atoms with van der Waals surface area (Å²) in [7, 11) is 0. The van der Waals surface area contributed by atoms with Gasteiger partial charge in [-0.25, -0.2) is 0 Å². The molecule has 4 heteroatoms. The molecule has 2 rings (SSSR count). The molecule has 0 radical (unpaired) electrons. The summed E-state index contributed by atoms with van der Waals surface area (Å²) in [5, 5.41) is 5.80. The van der Waals surface area contributed by atoms with E-state index in [0.717, 1.165) is 25.7 Å². The molecule has 0 unspecified atom stereocenters. The zero-order valence-corrected chi connectivity index (χ0v) is 15.2. The minimum Gasteiger partial charge on any atom is -0.354 e. The van der Waals surface area contributed by atoms with Gasteiger partial charge in [0.15, 0.2) is 0 Å². The Morgan fingerprint density at radius 3 is 2.12 bits per heavy atom. The van der Waals surface area contributed by atoms with E-state index in [1.807, 2.05) is 24.3 Å². The lowest BCUT2D eigenvalue weighted by atomic mass is 9.87. The lowest BCUT2D eigenvalue weighted by molar-refractivity contribution is -0.125. The predicted octanol–water partition coefficient (Wildman–Crippen LogP) is 3.41. The summed E-state index contributed by atoms with van der Waals surface area (Å²) in [6, 6.07) is 7.71. The third-order valence-corrected chi connectivity index (χ3v) is 4.70. The summed E-state index contributed by atoms with van der Waals surface area (Å²) in [4.78, 5) is 24.1. The molecule has 1 aliphatic carbocycles. The van der Waals surface area contributed by atoms with Crippen LogP contribution in [0.4, 0.5) is 0 Å². The maximum Gasteiger partial charge on any atom is 0.251 e. The fourth-order valence-corrected chi connectivity index (χ4v) is 3.09. The first-order valence-corrected chi connectivity index (χ1v) is 9.04. The zero-order valence-electron chi connectivity index (χ0n) is 15.2. The van der Waals surface area contributed by atoms with Crippen molar-refractivity contribution in [1.82, 2.24) is 10.6 Å². The second kappa shape index (κ2) is 8.32. The number of carbonyl (C=O) groups is 2.